The SMILES string of the molecule is CCCN1CCC(N2CC(=O)NC(C(C)(C)C)C2=O)CC1. The molecule has 0 bridgehead atoms. The summed E-state index contributed by atoms with van der Waals surface area (Å²) in [6, 6.07) is -0.172. The minimum atomic E-state index is -0.396. The minimum absolute atomic E-state index is 0.0227. The van der Waals surface area contributed by atoms with Crippen molar-refractivity contribution in [3.8, 4) is 0 Å². The van der Waals surface area contributed by atoms with Crippen LogP contribution in [0.3, 0.4) is 0 Å². The maximum absolute atomic E-state index is 12.7. The van der Waals surface area contributed by atoms with Gasteiger partial charge in [-0.1, -0.05) is 27.7 Å². The number of nitrogens with one attached hydrogen (secondary N) is 1. The van der Waals surface area contributed by atoms with Gasteiger partial charge in [-0.2, -0.15) is 0 Å². The largest absolute Gasteiger partial charge is 0.342 e. The molecule has 0 aromatic rings. The number of hydrogen-bond acceptors (Lipinski definition) is 3. The number of carbonyl (C=O) groups excluding carboxylic acids is 2. The van der Waals surface area contributed by atoms with Gasteiger partial charge in [0.2, 0.25) is 11.8 Å². The van der Waals surface area contributed by atoms with Crippen LogP contribution in [0.15, 0.2) is 0 Å². The Bertz CT molecular complexity index is 395. The van der Waals surface area contributed by atoms with Crippen LogP contribution in [-0.2, 0) is 9.59 Å². The molecule has 2 rings (SSSR count). The third kappa shape index (κ3) is 3.76. The van der Waals surface area contributed by atoms with E-state index in [4.69, 9.17) is 0 Å². The molecule has 0 aromatic heterocycles. The Hall–Kier alpha value is -1.10. The van der Waals surface area contributed by atoms with Gasteiger partial charge in [-0.3, -0.25) is 9.59 Å². The van der Waals surface area contributed by atoms with E-state index in [9.17, 15) is 9.59 Å². The zero-order valence-corrected chi connectivity index (χ0v) is 13.8. The Labute approximate surface area is 128 Å². The molecular formula is C16H29N3O2. The monoisotopic (exact) mass is 295 g/mol. The molecule has 120 valence electrons. The van der Waals surface area contributed by atoms with Gasteiger partial charge in [0, 0.05) is 19.1 Å². The predicted octanol–water partition coefficient (Wildman–Crippen LogP) is 1.23. The van der Waals surface area contributed by atoms with E-state index in [1.54, 1.807) is 0 Å². The van der Waals surface area contributed by atoms with Crippen molar-refractivity contribution in [1.82, 2.24) is 15.1 Å². The average molecular weight is 295 g/mol. The fourth-order valence-corrected chi connectivity index (χ4v) is 3.33. The van der Waals surface area contributed by atoms with E-state index in [0.29, 0.717) is 0 Å². The van der Waals surface area contributed by atoms with Crippen molar-refractivity contribution in [2.24, 2.45) is 5.41 Å². The van der Waals surface area contributed by atoms with Crippen LogP contribution in [0.5, 0.6) is 0 Å². The van der Waals surface area contributed by atoms with Crippen molar-refractivity contribution >= 4 is 11.8 Å². The predicted molar refractivity (Wildman–Crippen MR) is 82.9 cm³/mol. The Kier molecular flexibility index (Phi) is 4.91. The highest BCUT2D eigenvalue weighted by Gasteiger charge is 2.42. The van der Waals surface area contributed by atoms with Crippen molar-refractivity contribution < 1.29 is 9.59 Å². The molecule has 2 aliphatic heterocycles. The van der Waals surface area contributed by atoms with Gasteiger partial charge in [0.1, 0.15) is 6.04 Å². The van der Waals surface area contributed by atoms with Crippen molar-refractivity contribution in [1.29, 1.82) is 0 Å². The van der Waals surface area contributed by atoms with Gasteiger partial charge in [0.25, 0.3) is 0 Å². The molecule has 2 fully saturated rings. The van der Waals surface area contributed by atoms with Crippen LogP contribution in [-0.4, -0.2) is 59.9 Å². The summed E-state index contributed by atoms with van der Waals surface area (Å²) < 4.78 is 0. The van der Waals surface area contributed by atoms with Crippen LogP contribution < -0.4 is 5.32 Å². The van der Waals surface area contributed by atoms with Gasteiger partial charge >= 0.3 is 0 Å². The molecule has 0 radical (unpaired) electrons. The Balaban J connectivity index is 2.02. The molecule has 5 heteroatoms. The van der Waals surface area contributed by atoms with E-state index < -0.39 is 6.04 Å². The molecule has 2 aliphatic rings. The standard InChI is InChI=1S/C16H29N3O2/c1-5-8-18-9-6-12(7-10-18)19-11-13(20)17-14(15(19)21)16(2,3)4/h12,14H,5-11H2,1-4H3,(H,17,20). The Morgan fingerprint density at radius 1 is 1.19 bits per heavy atom. The maximum atomic E-state index is 12.7. The highest BCUT2D eigenvalue weighted by molar-refractivity contribution is 5.95. The number of likely N-dealkylation sites (tertiary alicyclic amines) is 1. The zero-order chi connectivity index (χ0) is 15.6. The molecule has 0 saturated carbocycles. The molecule has 1 unspecified atom stereocenters. The molecular weight excluding hydrogens is 266 g/mol. The van der Waals surface area contributed by atoms with Crippen LogP contribution in [0.25, 0.3) is 0 Å². The van der Waals surface area contributed by atoms with Gasteiger partial charge in [0.05, 0.1) is 6.54 Å². The summed E-state index contributed by atoms with van der Waals surface area (Å²) in [5, 5.41) is 2.86. The first kappa shape index (κ1) is 16.3. The summed E-state index contributed by atoms with van der Waals surface area (Å²) >= 11 is 0. The van der Waals surface area contributed by atoms with Crippen LogP contribution >= 0.6 is 0 Å². The smallest absolute Gasteiger partial charge is 0.246 e. The van der Waals surface area contributed by atoms with Gasteiger partial charge < -0.3 is 15.1 Å². The van der Waals surface area contributed by atoms with E-state index in [2.05, 4.69) is 17.1 Å². The molecule has 2 heterocycles. The highest BCUT2D eigenvalue weighted by atomic mass is 16.2. The lowest BCUT2D eigenvalue weighted by molar-refractivity contribution is -0.150. The molecule has 0 spiro atoms. The number of piperidine rings is 1. The Morgan fingerprint density at radius 3 is 2.33 bits per heavy atom. The number of nitrogens with zero attached hydrogens (tertiary/aromatic N) is 2. The summed E-state index contributed by atoms with van der Waals surface area (Å²) in [5.41, 5.74) is -0.242. The third-order valence-corrected chi connectivity index (χ3v) is 4.55. The van der Waals surface area contributed by atoms with Crippen molar-refractivity contribution in [2.45, 2.75) is 59.0 Å². The van der Waals surface area contributed by atoms with E-state index >= 15 is 0 Å². The van der Waals surface area contributed by atoms with Crippen molar-refractivity contribution in [2.75, 3.05) is 26.2 Å². The quantitative estimate of drug-likeness (QED) is 0.852. The number of hydrogen-bond donors (Lipinski definition) is 1. The lowest BCUT2D eigenvalue weighted by Gasteiger charge is -2.44. The van der Waals surface area contributed by atoms with Gasteiger partial charge in [0.15, 0.2) is 0 Å². The highest BCUT2D eigenvalue weighted by Crippen LogP contribution is 2.26. The Morgan fingerprint density at radius 2 is 1.81 bits per heavy atom. The molecule has 2 saturated heterocycles. The first-order chi connectivity index (χ1) is 9.82. The second kappa shape index (κ2) is 6.34. The minimum Gasteiger partial charge on any atom is -0.342 e. The summed E-state index contributed by atoms with van der Waals surface area (Å²) in [5.74, 6) is 0.0709. The molecule has 1 atom stereocenters. The normalized spacial score (nSPS) is 26.1. The topological polar surface area (TPSA) is 52.6 Å². The zero-order valence-electron chi connectivity index (χ0n) is 13.8. The number of carbonyl (C=O) groups is 2. The van der Waals surface area contributed by atoms with Crippen LogP contribution in [0.2, 0.25) is 0 Å². The third-order valence-electron chi connectivity index (χ3n) is 4.55. The second-order valence-corrected chi connectivity index (χ2v) is 7.41. The van der Waals surface area contributed by atoms with Gasteiger partial charge in [-0.05, 0) is 31.2 Å². The van der Waals surface area contributed by atoms with E-state index in [1.165, 1.54) is 6.42 Å². The first-order valence-corrected chi connectivity index (χ1v) is 8.15. The lowest BCUT2D eigenvalue weighted by atomic mass is 9.84. The molecule has 0 aromatic carbocycles. The average Bonchev–Trinajstić information content (AvgIpc) is 2.41. The lowest BCUT2D eigenvalue weighted by Crippen LogP contribution is -2.65. The van der Waals surface area contributed by atoms with E-state index in [-0.39, 0.29) is 29.8 Å². The summed E-state index contributed by atoms with van der Waals surface area (Å²) in [4.78, 5) is 29.0. The van der Waals surface area contributed by atoms with Crippen molar-refractivity contribution in [3.63, 3.8) is 0 Å². The molecule has 2 amide bonds. The summed E-state index contributed by atoms with van der Waals surface area (Å²) in [6.45, 7) is 11.6. The first-order valence-electron chi connectivity index (χ1n) is 8.15. The van der Waals surface area contributed by atoms with Crippen LogP contribution in [0.1, 0.15) is 47.0 Å². The van der Waals surface area contributed by atoms with E-state index in [0.717, 1.165) is 32.5 Å². The molecule has 5 nitrogen and oxygen atoms in total. The van der Waals surface area contributed by atoms with E-state index in [1.807, 2.05) is 25.7 Å². The number of amides is 2. The second-order valence-electron chi connectivity index (χ2n) is 7.41. The van der Waals surface area contributed by atoms with Gasteiger partial charge in [-0.15, -0.1) is 0 Å². The fraction of sp³-hybridized carbons (Fsp3) is 0.875. The summed E-state index contributed by atoms with van der Waals surface area (Å²) in [6.07, 6.45) is 3.13. The molecule has 0 aliphatic carbocycles. The fourth-order valence-electron chi connectivity index (χ4n) is 3.33. The summed E-state index contributed by atoms with van der Waals surface area (Å²) in [7, 11) is 0. The molecule has 1 N–H and O–H groups in total. The van der Waals surface area contributed by atoms with Crippen LogP contribution in [0.4, 0.5) is 0 Å². The molecule has 21 heavy (non-hydrogen) atoms. The van der Waals surface area contributed by atoms with Crippen LogP contribution in [0, 0.1) is 5.41 Å². The maximum Gasteiger partial charge on any atom is 0.246 e. The number of rotatable bonds is 3. The number of piperazine rings is 1. The van der Waals surface area contributed by atoms with Gasteiger partial charge in [-0.25, -0.2) is 0 Å². The van der Waals surface area contributed by atoms with Crippen molar-refractivity contribution in [3.05, 3.63) is 0 Å².